The molecule has 0 radical (unpaired) electrons. The predicted octanol–water partition coefficient (Wildman–Crippen LogP) is 2.06. The number of nitrogens with two attached hydrogens (primary N) is 1. The molecule has 1 aliphatic heterocycles. The average Bonchev–Trinajstić information content (AvgIpc) is 2.82. The monoisotopic (exact) mass is 255 g/mol. The molecule has 0 amide bonds. The molecule has 1 aromatic heterocycles. The molecule has 0 fully saturated rings. The van der Waals surface area contributed by atoms with Gasteiger partial charge < -0.3 is 15.7 Å². The number of carboxylic acids is 1. The quantitative estimate of drug-likeness (QED) is 0.858. The molecular weight excluding hydrogens is 242 g/mol. The second kappa shape index (κ2) is 4.28. The maximum atomic E-state index is 11.3. The van der Waals surface area contributed by atoms with Crippen molar-refractivity contribution in [3.05, 3.63) is 47.7 Å². The van der Waals surface area contributed by atoms with Gasteiger partial charge in [0.25, 0.3) is 0 Å². The Bertz CT molecular complexity index is 655. The molecule has 1 aliphatic rings. The Balaban J connectivity index is 2.12. The van der Waals surface area contributed by atoms with Gasteiger partial charge in [-0.05, 0) is 24.1 Å². The number of hydrogen-bond acceptors (Lipinski definition) is 4. The van der Waals surface area contributed by atoms with Crippen LogP contribution in [0.4, 0.5) is 17.2 Å². The lowest BCUT2D eigenvalue weighted by Gasteiger charge is -2.21. The van der Waals surface area contributed by atoms with Gasteiger partial charge in [-0.1, -0.05) is 18.2 Å². The Morgan fingerprint density at radius 2 is 2.11 bits per heavy atom. The molecule has 0 atom stereocenters. The topological polar surface area (TPSA) is 79.5 Å². The number of nitrogen functional groups attached to an aromatic ring is 1. The van der Waals surface area contributed by atoms with Crippen molar-refractivity contribution in [3.8, 4) is 0 Å². The number of para-hydroxylation sites is 1. The van der Waals surface area contributed by atoms with Crippen LogP contribution >= 0.6 is 0 Å². The molecule has 0 saturated heterocycles. The van der Waals surface area contributed by atoms with Gasteiger partial charge >= 0.3 is 5.97 Å². The highest BCUT2D eigenvalue weighted by atomic mass is 16.4. The van der Waals surface area contributed by atoms with Crippen molar-refractivity contribution in [2.24, 2.45) is 0 Å². The van der Waals surface area contributed by atoms with Gasteiger partial charge in [-0.15, -0.1) is 0 Å². The number of carboxylic acid groups (broad SMARTS) is 1. The molecule has 1 aromatic carbocycles. The van der Waals surface area contributed by atoms with Crippen molar-refractivity contribution in [1.29, 1.82) is 0 Å². The zero-order valence-electron chi connectivity index (χ0n) is 10.2. The van der Waals surface area contributed by atoms with E-state index in [9.17, 15) is 9.90 Å². The Hall–Kier alpha value is -2.56. The number of pyridine rings is 1. The van der Waals surface area contributed by atoms with Gasteiger partial charge in [-0.25, -0.2) is 9.78 Å². The van der Waals surface area contributed by atoms with Crippen LogP contribution in [0.1, 0.15) is 15.9 Å². The number of fused-ring (bicyclic) bond motifs is 1. The summed E-state index contributed by atoms with van der Waals surface area (Å²) >= 11 is 0. The van der Waals surface area contributed by atoms with E-state index in [-0.39, 0.29) is 11.4 Å². The van der Waals surface area contributed by atoms with Crippen LogP contribution in [0.5, 0.6) is 0 Å². The predicted molar refractivity (Wildman–Crippen MR) is 72.8 cm³/mol. The number of anilines is 3. The molecule has 96 valence electrons. The Morgan fingerprint density at radius 3 is 2.89 bits per heavy atom. The molecule has 5 heteroatoms. The zero-order valence-corrected chi connectivity index (χ0v) is 10.2. The third-order valence-corrected chi connectivity index (χ3v) is 3.31. The average molecular weight is 255 g/mol. The number of rotatable bonds is 2. The van der Waals surface area contributed by atoms with E-state index in [0.29, 0.717) is 5.69 Å². The minimum absolute atomic E-state index is 0.184. The van der Waals surface area contributed by atoms with Crippen LogP contribution < -0.4 is 10.6 Å². The summed E-state index contributed by atoms with van der Waals surface area (Å²) in [6, 6.07) is 9.38. The van der Waals surface area contributed by atoms with Gasteiger partial charge in [0, 0.05) is 12.2 Å². The van der Waals surface area contributed by atoms with Crippen molar-refractivity contribution in [1.82, 2.24) is 4.98 Å². The third-order valence-electron chi connectivity index (χ3n) is 3.31. The first-order valence-corrected chi connectivity index (χ1v) is 6.01. The molecule has 5 nitrogen and oxygen atoms in total. The van der Waals surface area contributed by atoms with E-state index in [2.05, 4.69) is 11.1 Å². The summed E-state index contributed by atoms with van der Waals surface area (Å²) in [5.74, 6) is -0.776. The van der Waals surface area contributed by atoms with Gasteiger partial charge in [0.2, 0.25) is 0 Å². The number of aromatic carboxylic acids is 1. The largest absolute Gasteiger partial charge is 0.478 e. The van der Waals surface area contributed by atoms with E-state index in [0.717, 1.165) is 18.7 Å². The Morgan fingerprint density at radius 1 is 1.32 bits per heavy atom. The smallest absolute Gasteiger partial charge is 0.338 e. The lowest BCUT2D eigenvalue weighted by Crippen LogP contribution is -2.17. The standard InChI is InChI=1S/C14H13N3O2/c15-13-7-10(14(18)19)12(8-16-13)17-6-5-9-3-1-2-4-11(9)17/h1-4,7-8H,5-6H2,(H2,15,16)(H,18,19). The van der Waals surface area contributed by atoms with Crippen LogP contribution in [0.15, 0.2) is 36.5 Å². The molecular formula is C14H13N3O2. The van der Waals surface area contributed by atoms with Crippen molar-refractivity contribution in [2.45, 2.75) is 6.42 Å². The minimum Gasteiger partial charge on any atom is -0.478 e. The summed E-state index contributed by atoms with van der Waals surface area (Å²) in [6.07, 6.45) is 2.43. The first-order valence-electron chi connectivity index (χ1n) is 6.01. The molecule has 2 aromatic rings. The molecule has 2 heterocycles. The summed E-state index contributed by atoms with van der Waals surface area (Å²) in [5, 5.41) is 9.29. The van der Waals surface area contributed by atoms with Crippen LogP contribution in [0.3, 0.4) is 0 Å². The number of aromatic nitrogens is 1. The van der Waals surface area contributed by atoms with Crippen LogP contribution in [-0.4, -0.2) is 22.6 Å². The first-order chi connectivity index (χ1) is 9.16. The molecule has 0 bridgehead atoms. The summed E-state index contributed by atoms with van der Waals surface area (Å²) in [7, 11) is 0. The molecule has 3 N–H and O–H groups in total. The highest BCUT2D eigenvalue weighted by molar-refractivity contribution is 5.96. The van der Waals surface area contributed by atoms with Gasteiger partial charge in [0.05, 0.1) is 17.4 Å². The van der Waals surface area contributed by atoms with Gasteiger partial charge in [0.1, 0.15) is 5.82 Å². The number of nitrogens with zero attached hydrogens (tertiary/aromatic N) is 2. The maximum absolute atomic E-state index is 11.3. The second-order valence-electron chi connectivity index (χ2n) is 4.46. The summed E-state index contributed by atoms with van der Waals surface area (Å²) in [4.78, 5) is 17.3. The van der Waals surface area contributed by atoms with Crippen LogP contribution in [0.2, 0.25) is 0 Å². The van der Waals surface area contributed by atoms with Crippen molar-refractivity contribution in [3.63, 3.8) is 0 Å². The molecule has 3 rings (SSSR count). The Kier molecular flexibility index (Phi) is 2.59. The van der Waals surface area contributed by atoms with Crippen molar-refractivity contribution in [2.75, 3.05) is 17.2 Å². The molecule has 0 aliphatic carbocycles. The summed E-state index contributed by atoms with van der Waals surface area (Å²) in [5.41, 5.74) is 8.60. The van der Waals surface area contributed by atoms with Gasteiger partial charge in [-0.2, -0.15) is 0 Å². The minimum atomic E-state index is -0.992. The molecule has 19 heavy (non-hydrogen) atoms. The number of carbonyl (C=O) groups is 1. The van der Waals surface area contributed by atoms with Crippen LogP contribution in [0.25, 0.3) is 0 Å². The van der Waals surface area contributed by atoms with Crippen LogP contribution in [-0.2, 0) is 6.42 Å². The zero-order chi connectivity index (χ0) is 13.4. The number of hydrogen-bond donors (Lipinski definition) is 2. The maximum Gasteiger partial charge on any atom is 0.338 e. The highest BCUT2D eigenvalue weighted by Gasteiger charge is 2.24. The highest BCUT2D eigenvalue weighted by Crippen LogP contribution is 2.36. The van der Waals surface area contributed by atoms with E-state index < -0.39 is 5.97 Å². The fourth-order valence-electron chi connectivity index (χ4n) is 2.44. The molecule has 0 saturated carbocycles. The molecule has 0 spiro atoms. The summed E-state index contributed by atoms with van der Waals surface area (Å²) in [6.45, 7) is 0.755. The Labute approximate surface area is 110 Å². The number of benzene rings is 1. The SMILES string of the molecule is Nc1cc(C(=O)O)c(N2CCc3ccccc32)cn1. The van der Waals surface area contributed by atoms with Gasteiger partial charge in [-0.3, -0.25) is 0 Å². The van der Waals surface area contributed by atoms with E-state index >= 15 is 0 Å². The summed E-state index contributed by atoms with van der Waals surface area (Å²) < 4.78 is 0. The second-order valence-corrected chi connectivity index (χ2v) is 4.46. The van der Waals surface area contributed by atoms with Crippen LogP contribution in [0, 0.1) is 0 Å². The van der Waals surface area contributed by atoms with Crippen molar-refractivity contribution >= 4 is 23.2 Å². The van der Waals surface area contributed by atoms with E-state index in [1.165, 1.54) is 17.8 Å². The van der Waals surface area contributed by atoms with E-state index in [1.54, 1.807) is 0 Å². The van der Waals surface area contributed by atoms with Crippen molar-refractivity contribution < 1.29 is 9.90 Å². The van der Waals surface area contributed by atoms with E-state index in [4.69, 9.17) is 5.73 Å². The first kappa shape index (κ1) is 11.5. The van der Waals surface area contributed by atoms with Gasteiger partial charge in [0.15, 0.2) is 0 Å². The third kappa shape index (κ3) is 1.89. The molecule has 0 unspecified atom stereocenters. The van der Waals surface area contributed by atoms with E-state index in [1.807, 2.05) is 23.1 Å². The fraction of sp³-hybridized carbons (Fsp3) is 0.143. The fourth-order valence-corrected chi connectivity index (χ4v) is 2.44. The normalized spacial score (nSPS) is 13.4. The lowest BCUT2D eigenvalue weighted by molar-refractivity contribution is 0.0697. The lowest BCUT2D eigenvalue weighted by atomic mass is 10.1.